The van der Waals surface area contributed by atoms with Crippen molar-refractivity contribution in [3.8, 4) is 0 Å². The Hall–Kier alpha value is -1.44. The number of rotatable bonds is 9. The number of carboxylic acid groups (broad SMARTS) is 1. The molecule has 0 aliphatic carbocycles. The largest absolute Gasteiger partial charge is 0.481 e. The lowest BCUT2D eigenvalue weighted by atomic mass is 10.1. The molecular weight excluding hydrogens is 294 g/mol. The predicted molar refractivity (Wildman–Crippen MR) is 78.6 cm³/mol. The molecule has 1 atom stereocenters. The zero-order valence-corrected chi connectivity index (χ0v) is 13.0. The Kier molecular flexibility index (Phi) is 6.80. The van der Waals surface area contributed by atoms with Gasteiger partial charge in [-0.25, -0.2) is 13.1 Å². The highest BCUT2D eigenvalue weighted by atomic mass is 32.2. The molecule has 0 spiro atoms. The molecule has 0 fully saturated rings. The van der Waals surface area contributed by atoms with E-state index >= 15 is 0 Å². The molecule has 0 amide bonds. The highest BCUT2D eigenvalue weighted by molar-refractivity contribution is 7.89. The van der Waals surface area contributed by atoms with Crippen molar-refractivity contribution in [2.75, 3.05) is 20.3 Å². The second kappa shape index (κ2) is 8.11. The standard InChI is InChI=1S/C14H21NO5S/c1-11(10-20-2)9-15-21(18,19)13-6-3-12(4-7-13)5-8-14(16)17/h3-4,6-7,11,15H,5,8-10H2,1-2H3,(H,16,17). The molecule has 0 aliphatic heterocycles. The molecule has 0 saturated carbocycles. The predicted octanol–water partition coefficient (Wildman–Crippen LogP) is 1.26. The molecule has 2 N–H and O–H groups in total. The third kappa shape index (κ3) is 6.24. The number of aliphatic carboxylic acids is 1. The third-order valence-corrected chi connectivity index (χ3v) is 4.37. The second-order valence-corrected chi connectivity index (χ2v) is 6.72. The molecule has 21 heavy (non-hydrogen) atoms. The van der Waals surface area contributed by atoms with Crippen molar-refractivity contribution in [2.24, 2.45) is 5.92 Å². The zero-order valence-electron chi connectivity index (χ0n) is 12.2. The Morgan fingerprint density at radius 3 is 2.48 bits per heavy atom. The Balaban J connectivity index is 2.64. The van der Waals surface area contributed by atoms with Gasteiger partial charge in [0.2, 0.25) is 10.0 Å². The minimum atomic E-state index is -3.54. The van der Waals surface area contributed by atoms with E-state index in [9.17, 15) is 13.2 Å². The van der Waals surface area contributed by atoms with Crippen molar-refractivity contribution in [3.63, 3.8) is 0 Å². The van der Waals surface area contributed by atoms with Gasteiger partial charge in [0.25, 0.3) is 0 Å². The first-order valence-corrected chi connectivity index (χ1v) is 8.13. The summed E-state index contributed by atoms with van der Waals surface area (Å²) < 4.78 is 31.6. The van der Waals surface area contributed by atoms with Crippen LogP contribution in [0.25, 0.3) is 0 Å². The van der Waals surface area contributed by atoms with Crippen LogP contribution in [0.4, 0.5) is 0 Å². The summed E-state index contributed by atoms with van der Waals surface area (Å²) in [5.41, 5.74) is 0.795. The number of nitrogens with one attached hydrogen (secondary N) is 1. The van der Waals surface area contributed by atoms with Gasteiger partial charge in [-0.2, -0.15) is 0 Å². The number of benzene rings is 1. The van der Waals surface area contributed by atoms with E-state index in [0.717, 1.165) is 5.56 Å². The highest BCUT2D eigenvalue weighted by Gasteiger charge is 2.15. The fourth-order valence-electron chi connectivity index (χ4n) is 1.77. The summed E-state index contributed by atoms with van der Waals surface area (Å²) in [4.78, 5) is 10.7. The number of methoxy groups -OCH3 is 1. The van der Waals surface area contributed by atoms with Crippen LogP contribution in [0.15, 0.2) is 29.2 Å². The monoisotopic (exact) mass is 315 g/mol. The lowest BCUT2D eigenvalue weighted by molar-refractivity contribution is -0.136. The minimum Gasteiger partial charge on any atom is -0.481 e. The maximum atomic E-state index is 12.1. The number of hydrogen-bond donors (Lipinski definition) is 2. The summed E-state index contributed by atoms with van der Waals surface area (Å²) in [6.45, 7) is 2.68. The Bertz CT molecular complexity index is 553. The van der Waals surface area contributed by atoms with E-state index < -0.39 is 16.0 Å². The van der Waals surface area contributed by atoms with E-state index in [2.05, 4.69) is 4.72 Å². The number of aryl methyl sites for hydroxylation is 1. The van der Waals surface area contributed by atoms with Gasteiger partial charge in [-0.15, -0.1) is 0 Å². The Morgan fingerprint density at radius 1 is 1.33 bits per heavy atom. The van der Waals surface area contributed by atoms with Crippen LogP contribution in [-0.2, 0) is 26.0 Å². The van der Waals surface area contributed by atoms with Gasteiger partial charge >= 0.3 is 5.97 Å². The molecule has 6 nitrogen and oxygen atoms in total. The van der Waals surface area contributed by atoms with Gasteiger partial charge in [0.15, 0.2) is 0 Å². The number of carbonyl (C=O) groups is 1. The van der Waals surface area contributed by atoms with E-state index in [1.54, 1.807) is 19.2 Å². The highest BCUT2D eigenvalue weighted by Crippen LogP contribution is 2.12. The fourth-order valence-corrected chi connectivity index (χ4v) is 2.93. The van der Waals surface area contributed by atoms with Crippen LogP contribution in [0.2, 0.25) is 0 Å². The average molecular weight is 315 g/mol. The second-order valence-electron chi connectivity index (χ2n) is 4.95. The third-order valence-electron chi connectivity index (χ3n) is 2.93. The smallest absolute Gasteiger partial charge is 0.303 e. The summed E-state index contributed by atoms with van der Waals surface area (Å²) in [6.07, 6.45) is 0.410. The van der Waals surface area contributed by atoms with E-state index in [0.29, 0.717) is 19.6 Å². The first-order chi connectivity index (χ1) is 9.85. The molecule has 7 heteroatoms. The van der Waals surface area contributed by atoms with Gasteiger partial charge in [0, 0.05) is 26.7 Å². The summed E-state index contributed by atoms with van der Waals surface area (Å²) in [5.74, 6) is -0.792. The van der Waals surface area contributed by atoms with Crippen LogP contribution in [0.5, 0.6) is 0 Å². The molecule has 1 rings (SSSR count). The van der Waals surface area contributed by atoms with Gasteiger partial charge in [-0.05, 0) is 30.0 Å². The number of ether oxygens (including phenoxy) is 1. The topological polar surface area (TPSA) is 92.7 Å². The molecule has 0 heterocycles. The summed E-state index contributed by atoms with van der Waals surface area (Å²) in [6, 6.07) is 6.24. The van der Waals surface area contributed by atoms with Crippen molar-refractivity contribution < 1.29 is 23.1 Å². The quantitative estimate of drug-likeness (QED) is 0.716. The van der Waals surface area contributed by atoms with Gasteiger partial charge in [0.1, 0.15) is 0 Å². The number of carboxylic acids is 1. The van der Waals surface area contributed by atoms with Gasteiger partial charge in [-0.3, -0.25) is 4.79 Å². The average Bonchev–Trinajstić information content (AvgIpc) is 2.44. The molecule has 1 aromatic carbocycles. The summed E-state index contributed by atoms with van der Waals surface area (Å²) >= 11 is 0. The molecular formula is C14H21NO5S. The molecule has 0 radical (unpaired) electrons. The van der Waals surface area contributed by atoms with E-state index in [4.69, 9.17) is 9.84 Å². The van der Waals surface area contributed by atoms with Crippen LogP contribution in [-0.4, -0.2) is 39.8 Å². The normalized spacial score (nSPS) is 13.0. The molecule has 0 aliphatic rings. The first-order valence-electron chi connectivity index (χ1n) is 6.64. The van der Waals surface area contributed by atoms with Crippen molar-refractivity contribution >= 4 is 16.0 Å². The molecule has 0 saturated heterocycles. The summed E-state index contributed by atoms with van der Waals surface area (Å²) in [5, 5.41) is 8.61. The molecule has 0 bridgehead atoms. The van der Waals surface area contributed by atoms with Gasteiger partial charge in [-0.1, -0.05) is 19.1 Å². The van der Waals surface area contributed by atoms with Crippen molar-refractivity contribution in [3.05, 3.63) is 29.8 Å². The molecule has 118 valence electrons. The van der Waals surface area contributed by atoms with Crippen molar-refractivity contribution in [2.45, 2.75) is 24.7 Å². The molecule has 1 unspecified atom stereocenters. The van der Waals surface area contributed by atoms with Crippen molar-refractivity contribution in [1.82, 2.24) is 4.72 Å². The van der Waals surface area contributed by atoms with Crippen molar-refractivity contribution in [1.29, 1.82) is 0 Å². The number of sulfonamides is 1. The maximum Gasteiger partial charge on any atom is 0.303 e. The number of hydrogen-bond acceptors (Lipinski definition) is 4. The maximum absolute atomic E-state index is 12.1. The van der Waals surface area contributed by atoms with E-state index in [1.807, 2.05) is 6.92 Å². The zero-order chi connectivity index (χ0) is 15.9. The molecule has 0 aromatic heterocycles. The Morgan fingerprint density at radius 2 is 1.95 bits per heavy atom. The minimum absolute atomic E-state index is 0.0267. The first kappa shape index (κ1) is 17.6. The van der Waals surface area contributed by atoms with Crippen LogP contribution < -0.4 is 4.72 Å². The van der Waals surface area contributed by atoms with E-state index in [1.165, 1.54) is 12.1 Å². The SMILES string of the molecule is COCC(C)CNS(=O)(=O)c1ccc(CCC(=O)O)cc1. The van der Waals surface area contributed by atoms with Gasteiger partial charge in [0.05, 0.1) is 4.90 Å². The summed E-state index contributed by atoms with van der Waals surface area (Å²) in [7, 11) is -1.97. The fraction of sp³-hybridized carbons (Fsp3) is 0.500. The lowest BCUT2D eigenvalue weighted by Gasteiger charge is -2.12. The van der Waals surface area contributed by atoms with Crippen LogP contribution in [0, 0.1) is 5.92 Å². The van der Waals surface area contributed by atoms with Crippen LogP contribution in [0.1, 0.15) is 18.9 Å². The molecule has 1 aromatic rings. The lowest BCUT2D eigenvalue weighted by Crippen LogP contribution is -2.30. The Labute approximate surface area is 125 Å². The van der Waals surface area contributed by atoms with Crippen LogP contribution >= 0.6 is 0 Å². The van der Waals surface area contributed by atoms with Crippen LogP contribution in [0.3, 0.4) is 0 Å². The van der Waals surface area contributed by atoms with E-state index in [-0.39, 0.29) is 17.2 Å². The van der Waals surface area contributed by atoms with Gasteiger partial charge < -0.3 is 9.84 Å².